The number of carbonyl (C=O) groups is 1. The zero-order valence-corrected chi connectivity index (χ0v) is 13.6. The molecule has 0 aliphatic rings. The number of hydrogen-bond donors (Lipinski definition) is 0. The van der Waals surface area contributed by atoms with E-state index in [0.717, 1.165) is 21.0 Å². The lowest BCUT2D eigenvalue weighted by Crippen LogP contribution is -2.06. The van der Waals surface area contributed by atoms with Crippen molar-refractivity contribution < 1.29 is 14.3 Å². The Morgan fingerprint density at radius 3 is 2.62 bits per heavy atom. The largest absolute Gasteiger partial charge is 0.489 e. The summed E-state index contributed by atoms with van der Waals surface area (Å²) < 4.78 is 11.4. The van der Waals surface area contributed by atoms with E-state index in [2.05, 4.69) is 22.0 Å². The molecular formula is C17H17BrO3. The van der Waals surface area contributed by atoms with Crippen molar-refractivity contribution in [2.45, 2.75) is 13.3 Å². The van der Waals surface area contributed by atoms with Gasteiger partial charge in [-0.1, -0.05) is 35.0 Å². The van der Waals surface area contributed by atoms with Gasteiger partial charge in [-0.05, 0) is 47.5 Å². The van der Waals surface area contributed by atoms with Crippen LogP contribution < -0.4 is 4.74 Å². The fraction of sp³-hybridized carbons (Fsp3) is 0.235. The maximum Gasteiger partial charge on any atom is 0.333 e. The fourth-order valence-electron chi connectivity index (χ4n) is 2.03. The molecule has 3 nitrogen and oxygen atoms in total. The van der Waals surface area contributed by atoms with Crippen LogP contribution in [0.3, 0.4) is 0 Å². The minimum atomic E-state index is -0.301. The number of methoxy groups -OCH3 is 1. The number of ether oxygens (including phenoxy) is 2. The van der Waals surface area contributed by atoms with Crippen molar-refractivity contribution in [2.24, 2.45) is 0 Å². The number of carbonyl (C=O) groups excluding carboxylic acids is 1. The van der Waals surface area contributed by atoms with E-state index in [1.54, 1.807) is 6.08 Å². The van der Waals surface area contributed by atoms with E-state index in [4.69, 9.17) is 9.47 Å². The Balaban J connectivity index is 2.08. The van der Waals surface area contributed by atoms with Crippen molar-refractivity contribution in [1.82, 2.24) is 0 Å². The molecule has 0 unspecified atom stereocenters. The maximum absolute atomic E-state index is 11.4. The molecule has 0 saturated heterocycles. The van der Waals surface area contributed by atoms with Crippen molar-refractivity contribution in [1.29, 1.82) is 0 Å². The zero-order valence-electron chi connectivity index (χ0n) is 12.1. The Bertz CT molecular complexity index is 677. The van der Waals surface area contributed by atoms with Crippen LogP contribution in [0, 0.1) is 0 Å². The first-order valence-electron chi connectivity index (χ1n) is 6.73. The summed E-state index contributed by atoms with van der Waals surface area (Å²) in [5.41, 5.74) is 0.627. The zero-order chi connectivity index (χ0) is 15.2. The molecule has 21 heavy (non-hydrogen) atoms. The van der Waals surface area contributed by atoms with Gasteiger partial charge >= 0.3 is 5.97 Å². The Labute approximate surface area is 132 Å². The third-order valence-corrected chi connectivity index (χ3v) is 3.68. The van der Waals surface area contributed by atoms with Crippen molar-refractivity contribution in [3.05, 3.63) is 52.5 Å². The lowest BCUT2D eigenvalue weighted by Gasteiger charge is -2.07. The van der Waals surface area contributed by atoms with Gasteiger partial charge in [-0.3, -0.25) is 0 Å². The molecule has 4 heteroatoms. The van der Waals surface area contributed by atoms with Gasteiger partial charge in [0.15, 0.2) is 0 Å². The number of halogens is 1. The van der Waals surface area contributed by atoms with Gasteiger partial charge < -0.3 is 9.47 Å². The molecule has 0 spiro atoms. The van der Waals surface area contributed by atoms with Gasteiger partial charge in [-0.25, -0.2) is 4.79 Å². The SMILES string of the molecule is CCC(=CCOc1ccc2cc(Br)ccc2c1)C(=O)OC. The molecule has 0 aliphatic carbocycles. The monoisotopic (exact) mass is 348 g/mol. The maximum atomic E-state index is 11.4. The molecule has 0 atom stereocenters. The number of benzene rings is 2. The van der Waals surface area contributed by atoms with E-state index in [9.17, 15) is 4.79 Å². The van der Waals surface area contributed by atoms with Crippen LogP contribution >= 0.6 is 15.9 Å². The highest BCUT2D eigenvalue weighted by Crippen LogP contribution is 2.24. The van der Waals surface area contributed by atoms with E-state index in [0.29, 0.717) is 18.6 Å². The second-order valence-electron chi connectivity index (χ2n) is 4.54. The van der Waals surface area contributed by atoms with Crippen LogP contribution in [-0.4, -0.2) is 19.7 Å². The molecule has 2 aromatic rings. The molecule has 110 valence electrons. The Morgan fingerprint density at radius 2 is 1.90 bits per heavy atom. The first-order valence-corrected chi connectivity index (χ1v) is 7.52. The topological polar surface area (TPSA) is 35.5 Å². The van der Waals surface area contributed by atoms with Gasteiger partial charge in [-0.2, -0.15) is 0 Å². The quantitative estimate of drug-likeness (QED) is 0.589. The minimum Gasteiger partial charge on any atom is -0.489 e. The number of fused-ring (bicyclic) bond motifs is 1. The molecule has 0 radical (unpaired) electrons. The predicted molar refractivity (Wildman–Crippen MR) is 87.5 cm³/mol. The minimum absolute atomic E-state index is 0.301. The van der Waals surface area contributed by atoms with Crippen molar-refractivity contribution >= 4 is 32.7 Å². The van der Waals surface area contributed by atoms with E-state index in [-0.39, 0.29) is 5.97 Å². The summed E-state index contributed by atoms with van der Waals surface area (Å²) in [4.78, 5) is 11.4. The van der Waals surface area contributed by atoms with Crippen LogP contribution in [-0.2, 0) is 9.53 Å². The van der Waals surface area contributed by atoms with Crippen LogP contribution in [0.5, 0.6) is 5.75 Å². The number of esters is 1. The summed E-state index contributed by atoms with van der Waals surface area (Å²) in [5, 5.41) is 2.26. The summed E-state index contributed by atoms with van der Waals surface area (Å²) in [6, 6.07) is 12.0. The summed E-state index contributed by atoms with van der Waals surface area (Å²) in [6.07, 6.45) is 2.39. The van der Waals surface area contributed by atoms with Gasteiger partial charge in [0.1, 0.15) is 12.4 Å². The first-order chi connectivity index (χ1) is 10.1. The molecule has 0 bridgehead atoms. The molecule has 0 heterocycles. The van der Waals surface area contributed by atoms with Crippen molar-refractivity contribution in [2.75, 3.05) is 13.7 Å². The fourth-order valence-corrected chi connectivity index (χ4v) is 2.40. The highest BCUT2D eigenvalue weighted by molar-refractivity contribution is 9.10. The highest BCUT2D eigenvalue weighted by Gasteiger charge is 2.06. The van der Waals surface area contributed by atoms with Crippen molar-refractivity contribution in [3.8, 4) is 5.75 Å². The standard InChI is InChI=1S/C17H17BrO3/c1-3-12(17(19)20-2)8-9-21-16-7-5-13-10-15(18)6-4-14(13)11-16/h4-8,10-11H,3,9H2,1-2H3. The second-order valence-corrected chi connectivity index (χ2v) is 5.45. The molecule has 0 fully saturated rings. The van der Waals surface area contributed by atoms with Gasteiger partial charge in [0, 0.05) is 10.0 Å². The average Bonchev–Trinajstić information content (AvgIpc) is 2.51. The normalized spacial score (nSPS) is 11.5. The van der Waals surface area contributed by atoms with Crippen LogP contribution in [0.1, 0.15) is 13.3 Å². The molecule has 0 N–H and O–H groups in total. The molecule has 0 aliphatic heterocycles. The molecule has 2 rings (SSSR count). The predicted octanol–water partition coefficient (Wildman–Crippen LogP) is 4.49. The van der Waals surface area contributed by atoms with Crippen LogP contribution in [0.2, 0.25) is 0 Å². The van der Waals surface area contributed by atoms with Crippen LogP contribution in [0.15, 0.2) is 52.5 Å². The van der Waals surface area contributed by atoms with Gasteiger partial charge in [0.25, 0.3) is 0 Å². The lowest BCUT2D eigenvalue weighted by molar-refractivity contribution is -0.136. The Kier molecular flexibility index (Phi) is 5.39. The van der Waals surface area contributed by atoms with Gasteiger partial charge in [0.05, 0.1) is 7.11 Å². The van der Waals surface area contributed by atoms with E-state index in [1.165, 1.54) is 7.11 Å². The van der Waals surface area contributed by atoms with E-state index in [1.807, 2.05) is 37.3 Å². The van der Waals surface area contributed by atoms with E-state index >= 15 is 0 Å². The van der Waals surface area contributed by atoms with Gasteiger partial charge in [0.2, 0.25) is 0 Å². The molecule has 0 amide bonds. The second kappa shape index (κ2) is 7.27. The smallest absolute Gasteiger partial charge is 0.333 e. The summed E-state index contributed by atoms with van der Waals surface area (Å²) in [6.45, 7) is 2.26. The van der Waals surface area contributed by atoms with Gasteiger partial charge in [-0.15, -0.1) is 0 Å². The van der Waals surface area contributed by atoms with E-state index < -0.39 is 0 Å². The third kappa shape index (κ3) is 4.08. The molecule has 0 aromatic heterocycles. The van der Waals surface area contributed by atoms with Crippen LogP contribution in [0.4, 0.5) is 0 Å². The molecular weight excluding hydrogens is 332 g/mol. The number of rotatable bonds is 5. The van der Waals surface area contributed by atoms with Crippen molar-refractivity contribution in [3.63, 3.8) is 0 Å². The number of hydrogen-bond acceptors (Lipinski definition) is 3. The molecule has 2 aromatic carbocycles. The third-order valence-electron chi connectivity index (χ3n) is 3.18. The van der Waals surface area contributed by atoms with Crippen LogP contribution in [0.25, 0.3) is 10.8 Å². The summed E-state index contributed by atoms with van der Waals surface area (Å²) >= 11 is 3.45. The average molecular weight is 349 g/mol. The Hall–Kier alpha value is -1.81. The first kappa shape index (κ1) is 15.6. The summed E-state index contributed by atoms with van der Waals surface area (Å²) in [7, 11) is 1.38. The summed E-state index contributed by atoms with van der Waals surface area (Å²) in [5.74, 6) is 0.478. The highest BCUT2D eigenvalue weighted by atomic mass is 79.9. The Morgan fingerprint density at radius 1 is 1.19 bits per heavy atom. The lowest BCUT2D eigenvalue weighted by atomic mass is 10.1. The molecule has 0 saturated carbocycles.